The van der Waals surface area contributed by atoms with E-state index in [4.69, 9.17) is 0 Å². The Morgan fingerprint density at radius 3 is 2.94 bits per heavy atom. The zero-order valence-electron chi connectivity index (χ0n) is 18.0. The Balaban J connectivity index is 1.13. The van der Waals surface area contributed by atoms with E-state index in [1.807, 2.05) is 23.7 Å². The summed E-state index contributed by atoms with van der Waals surface area (Å²) in [4.78, 5) is 24.1. The van der Waals surface area contributed by atoms with Gasteiger partial charge in [-0.2, -0.15) is 0 Å². The van der Waals surface area contributed by atoms with Crippen LogP contribution in [-0.4, -0.2) is 53.6 Å². The van der Waals surface area contributed by atoms with Crippen LogP contribution in [-0.2, 0) is 26.6 Å². The van der Waals surface area contributed by atoms with Gasteiger partial charge in [0.25, 0.3) is 5.91 Å². The maximum Gasteiger partial charge on any atom is 0.274 e. The van der Waals surface area contributed by atoms with Gasteiger partial charge in [0, 0.05) is 25.8 Å². The van der Waals surface area contributed by atoms with Crippen molar-refractivity contribution >= 4 is 11.7 Å². The zero-order valence-corrected chi connectivity index (χ0v) is 18.0. The van der Waals surface area contributed by atoms with Crippen LogP contribution in [0.4, 0.5) is 5.82 Å². The molecule has 2 N–H and O–H groups in total. The van der Waals surface area contributed by atoms with Gasteiger partial charge in [0.05, 0.1) is 43.1 Å². The third-order valence-electron chi connectivity index (χ3n) is 7.01. The number of amides is 1. The third-order valence-corrected chi connectivity index (χ3v) is 7.01. The van der Waals surface area contributed by atoms with E-state index in [-0.39, 0.29) is 24.2 Å². The van der Waals surface area contributed by atoms with E-state index >= 15 is 0 Å². The lowest BCUT2D eigenvalue weighted by Gasteiger charge is -2.20. The number of anilines is 1. The number of hydrogen-bond donors (Lipinski definition) is 2. The minimum Gasteiger partial charge on any atom is -0.390 e. The smallest absolute Gasteiger partial charge is 0.274 e. The van der Waals surface area contributed by atoms with Gasteiger partial charge in [0.1, 0.15) is 5.82 Å². The molecular weight excluding hydrogens is 408 g/mol. The number of nitrogens with zero attached hydrogens (tertiary/aromatic N) is 7. The number of piperidine rings is 1. The Kier molecular flexibility index (Phi) is 4.49. The van der Waals surface area contributed by atoms with Gasteiger partial charge < -0.3 is 19.9 Å². The first kappa shape index (κ1) is 19.4. The highest BCUT2D eigenvalue weighted by atomic mass is 16.3. The van der Waals surface area contributed by atoms with Crippen LogP contribution in [0.2, 0.25) is 0 Å². The molecule has 3 atom stereocenters. The summed E-state index contributed by atoms with van der Waals surface area (Å²) in [5.74, 6) is 2.31. The Labute approximate surface area is 185 Å². The number of aliphatic hydroxyl groups is 1. The van der Waals surface area contributed by atoms with Crippen molar-refractivity contribution in [1.82, 2.24) is 34.8 Å². The van der Waals surface area contributed by atoms with E-state index in [9.17, 15) is 9.90 Å². The lowest BCUT2D eigenvalue weighted by atomic mass is 10.2. The number of nitrogens with one attached hydrogen (secondary N) is 1. The summed E-state index contributed by atoms with van der Waals surface area (Å²) in [7, 11) is 1.97. The minimum absolute atomic E-state index is 0.0989. The quantitative estimate of drug-likeness (QED) is 0.590. The van der Waals surface area contributed by atoms with Crippen LogP contribution in [0.3, 0.4) is 0 Å². The fraction of sp³-hybridized carbons (Fsp3) is 0.500. The molecule has 1 aliphatic heterocycles. The van der Waals surface area contributed by atoms with Crippen LogP contribution in [0.15, 0.2) is 24.7 Å². The fourth-order valence-electron chi connectivity index (χ4n) is 5.07. The summed E-state index contributed by atoms with van der Waals surface area (Å²) < 4.78 is 3.61. The van der Waals surface area contributed by atoms with Gasteiger partial charge in [-0.1, -0.05) is 11.3 Å². The van der Waals surface area contributed by atoms with E-state index in [0.29, 0.717) is 12.2 Å². The highest BCUT2D eigenvalue weighted by molar-refractivity contribution is 5.92. The number of hydrogen-bond acceptors (Lipinski definition) is 7. The maximum atomic E-state index is 12.7. The number of imidazole rings is 1. The van der Waals surface area contributed by atoms with E-state index < -0.39 is 0 Å². The number of fused-ring (bicyclic) bond motifs is 2. The largest absolute Gasteiger partial charge is 0.390 e. The molecule has 6 rings (SSSR count). The summed E-state index contributed by atoms with van der Waals surface area (Å²) >= 11 is 0. The fourth-order valence-corrected chi connectivity index (χ4v) is 5.07. The Bertz CT molecular complexity index is 1170. The van der Waals surface area contributed by atoms with E-state index in [1.165, 1.54) is 6.42 Å². The summed E-state index contributed by atoms with van der Waals surface area (Å²) in [5, 5.41) is 21.0. The average Bonchev–Trinajstić information content (AvgIpc) is 3.27. The second-order valence-corrected chi connectivity index (χ2v) is 9.15. The molecule has 32 heavy (non-hydrogen) atoms. The number of carbonyl (C=O) groups excluding carboxylic acids is 1. The highest BCUT2D eigenvalue weighted by Crippen LogP contribution is 2.46. The van der Waals surface area contributed by atoms with Crippen LogP contribution in [0, 0.1) is 11.8 Å². The third kappa shape index (κ3) is 3.35. The molecular formula is C22H26N8O2. The van der Waals surface area contributed by atoms with Crippen molar-refractivity contribution < 1.29 is 9.90 Å². The molecule has 0 aromatic carbocycles. The molecule has 2 unspecified atom stereocenters. The molecule has 4 heterocycles. The first-order valence-corrected chi connectivity index (χ1v) is 11.1. The van der Waals surface area contributed by atoms with E-state index in [0.717, 1.165) is 60.5 Å². The second-order valence-electron chi connectivity index (χ2n) is 9.15. The second kappa shape index (κ2) is 7.40. The lowest BCUT2D eigenvalue weighted by Crippen LogP contribution is -2.27. The maximum absolute atomic E-state index is 12.7. The number of pyridine rings is 1. The van der Waals surface area contributed by atoms with Gasteiger partial charge in [-0.3, -0.25) is 4.79 Å². The molecule has 3 aromatic heterocycles. The van der Waals surface area contributed by atoms with Gasteiger partial charge in [-0.25, -0.2) is 14.6 Å². The van der Waals surface area contributed by atoms with E-state index in [1.54, 1.807) is 17.2 Å². The van der Waals surface area contributed by atoms with Gasteiger partial charge in [0.15, 0.2) is 5.69 Å². The average molecular weight is 435 g/mol. The molecule has 1 saturated heterocycles. The summed E-state index contributed by atoms with van der Waals surface area (Å²) in [5.41, 5.74) is 3.87. The number of aliphatic hydroxyl groups excluding tert-OH is 1. The van der Waals surface area contributed by atoms with Crippen molar-refractivity contribution in [3.8, 4) is 0 Å². The molecule has 10 nitrogen and oxygen atoms in total. The standard InChI is InChI=1S/C22H26N8O2/c1-28-12-23-21-16(3-4-19(21)28)25-22(32)17-10-30(27-26-17)9-13-2-5-20(24-18(13)11-31)29-7-14-6-15(14)8-29/h2,5,10,12,14-16,31H,3-4,6-9,11H2,1H3,(H,25,32)/t14?,15?,16-/m1/s1. The van der Waals surface area contributed by atoms with Crippen LogP contribution in [0.5, 0.6) is 0 Å². The van der Waals surface area contributed by atoms with Crippen molar-refractivity contribution in [2.75, 3.05) is 18.0 Å². The van der Waals surface area contributed by atoms with Crippen LogP contribution >= 0.6 is 0 Å². The Hall–Kier alpha value is -3.27. The molecule has 2 aliphatic carbocycles. The van der Waals surface area contributed by atoms with Gasteiger partial charge in [-0.05, 0) is 42.7 Å². The first-order valence-electron chi connectivity index (χ1n) is 11.1. The monoisotopic (exact) mass is 434 g/mol. The molecule has 0 bridgehead atoms. The van der Waals surface area contributed by atoms with Crippen molar-refractivity contribution in [2.45, 2.75) is 38.5 Å². The molecule has 3 aliphatic rings. The summed E-state index contributed by atoms with van der Waals surface area (Å²) in [6.45, 7) is 2.37. The molecule has 1 saturated carbocycles. The van der Waals surface area contributed by atoms with Gasteiger partial charge in [0.2, 0.25) is 0 Å². The number of aromatic nitrogens is 6. The Morgan fingerprint density at radius 2 is 2.12 bits per heavy atom. The number of aryl methyl sites for hydroxylation is 1. The van der Waals surface area contributed by atoms with Crippen molar-refractivity contribution in [3.05, 3.63) is 53.0 Å². The molecule has 2 fully saturated rings. The zero-order chi connectivity index (χ0) is 21.8. The normalized spacial score (nSPS) is 23.3. The molecule has 1 amide bonds. The van der Waals surface area contributed by atoms with Gasteiger partial charge >= 0.3 is 0 Å². The van der Waals surface area contributed by atoms with Crippen LogP contribution < -0.4 is 10.2 Å². The minimum atomic E-state index is -0.261. The molecule has 166 valence electrons. The van der Waals surface area contributed by atoms with Crippen molar-refractivity contribution in [1.29, 1.82) is 0 Å². The molecule has 3 aromatic rings. The summed E-state index contributed by atoms with van der Waals surface area (Å²) in [6, 6.07) is 3.90. The number of rotatable bonds is 6. The highest BCUT2D eigenvalue weighted by Gasteiger charge is 2.45. The van der Waals surface area contributed by atoms with Crippen LogP contribution in [0.1, 0.15) is 52.0 Å². The number of carbonyl (C=O) groups is 1. The predicted octanol–water partition coefficient (Wildman–Crippen LogP) is 0.821. The first-order chi connectivity index (χ1) is 15.6. The SMILES string of the molecule is Cn1cnc2c1CC[C@H]2NC(=O)c1cn(Cc2ccc(N3CC4CC4C3)nc2CO)nn1. The van der Waals surface area contributed by atoms with Gasteiger partial charge in [-0.15, -0.1) is 5.10 Å². The Morgan fingerprint density at radius 1 is 1.28 bits per heavy atom. The predicted molar refractivity (Wildman–Crippen MR) is 115 cm³/mol. The van der Waals surface area contributed by atoms with Crippen molar-refractivity contribution in [3.63, 3.8) is 0 Å². The lowest BCUT2D eigenvalue weighted by molar-refractivity contribution is 0.0931. The van der Waals surface area contributed by atoms with Crippen molar-refractivity contribution in [2.24, 2.45) is 18.9 Å². The van der Waals surface area contributed by atoms with E-state index in [2.05, 4.69) is 30.5 Å². The molecule has 10 heteroatoms. The molecule has 0 radical (unpaired) electrons. The summed E-state index contributed by atoms with van der Waals surface area (Å²) in [6.07, 6.45) is 6.49. The van der Waals surface area contributed by atoms with Crippen LogP contribution in [0.25, 0.3) is 0 Å². The topological polar surface area (TPSA) is 114 Å². The molecule has 0 spiro atoms.